The van der Waals surface area contributed by atoms with Gasteiger partial charge in [-0.1, -0.05) is 50.2 Å². The molecular weight excluding hydrogens is 364 g/mol. The average Bonchev–Trinajstić information content (AvgIpc) is 2.71. The second-order valence-electron chi connectivity index (χ2n) is 7.98. The quantitative estimate of drug-likeness (QED) is 0.742. The van der Waals surface area contributed by atoms with E-state index >= 15 is 0 Å². The molecule has 1 heterocycles. The Kier molecular flexibility index (Phi) is 7.67. The first-order valence-electron chi connectivity index (χ1n) is 10.4. The van der Waals surface area contributed by atoms with Gasteiger partial charge in [0.15, 0.2) is 6.61 Å². The van der Waals surface area contributed by atoms with Crippen LogP contribution >= 0.6 is 0 Å². The van der Waals surface area contributed by atoms with Crippen LogP contribution in [0.4, 0.5) is 0 Å². The smallest absolute Gasteiger partial charge is 0.258 e. The molecular formula is C24H32N2O3. The molecule has 1 aliphatic rings. The molecule has 0 radical (unpaired) electrons. The fourth-order valence-corrected chi connectivity index (χ4v) is 3.70. The van der Waals surface area contributed by atoms with E-state index < -0.39 is 0 Å². The topological polar surface area (TPSA) is 50.8 Å². The van der Waals surface area contributed by atoms with Gasteiger partial charge in [0.1, 0.15) is 5.75 Å². The number of nitrogens with one attached hydrogen (secondary N) is 1. The van der Waals surface area contributed by atoms with Gasteiger partial charge in [-0.15, -0.1) is 0 Å². The maximum absolute atomic E-state index is 12.2. The van der Waals surface area contributed by atoms with Crippen molar-refractivity contribution in [2.45, 2.75) is 39.3 Å². The van der Waals surface area contributed by atoms with Crippen molar-refractivity contribution in [2.75, 3.05) is 32.8 Å². The fourth-order valence-electron chi connectivity index (χ4n) is 3.70. The number of carbonyl (C=O) groups is 1. The summed E-state index contributed by atoms with van der Waals surface area (Å²) < 4.78 is 11.5. The van der Waals surface area contributed by atoms with Gasteiger partial charge >= 0.3 is 0 Å². The summed E-state index contributed by atoms with van der Waals surface area (Å²) >= 11 is 0. The molecule has 1 N–H and O–H groups in total. The maximum Gasteiger partial charge on any atom is 0.258 e. The molecule has 2 aromatic carbocycles. The highest BCUT2D eigenvalue weighted by atomic mass is 16.5. The summed E-state index contributed by atoms with van der Waals surface area (Å²) in [6, 6.07) is 16.4. The van der Waals surface area contributed by atoms with Gasteiger partial charge < -0.3 is 14.8 Å². The van der Waals surface area contributed by atoms with Crippen molar-refractivity contribution >= 4 is 5.91 Å². The summed E-state index contributed by atoms with van der Waals surface area (Å²) in [6.45, 7) is 10.2. The third kappa shape index (κ3) is 6.58. The predicted molar refractivity (Wildman–Crippen MR) is 115 cm³/mol. The van der Waals surface area contributed by atoms with Crippen LogP contribution in [0, 0.1) is 6.92 Å². The number of benzene rings is 2. The van der Waals surface area contributed by atoms with Crippen LogP contribution < -0.4 is 10.1 Å². The van der Waals surface area contributed by atoms with Gasteiger partial charge in [-0.2, -0.15) is 0 Å². The van der Waals surface area contributed by atoms with Crippen molar-refractivity contribution in [1.29, 1.82) is 0 Å². The Labute approximate surface area is 174 Å². The van der Waals surface area contributed by atoms with E-state index in [2.05, 4.69) is 61.3 Å². The Balaban J connectivity index is 1.40. The molecule has 1 amide bonds. The number of hydrogen-bond donors (Lipinski definition) is 1. The summed E-state index contributed by atoms with van der Waals surface area (Å²) in [7, 11) is 0. The zero-order valence-corrected chi connectivity index (χ0v) is 17.7. The highest BCUT2D eigenvalue weighted by Gasteiger charge is 2.21. The van der Waals surface area contributed by atoms with Crippen molar-refractivity contribution in [1.82, 2.24) is 10.2 Å². The van der Waals surface area contributed by atoms with Crippen LogP contribution in [0.25, 0.3) is 0 Å². The predicted octanol–water partition coefficient (Wildman–Crippen LogP) is 3.51. The second-order valence-corrected chi connectivity index (χ2v) is 7.98. The van der Waals surface area contributed by atoms with Crippen LogP contribution in [0.5, 0.6) is 5.75 Å². The highest BCUT2D eigenvalue weighted by molar-refractivity contribution is 5.77. The summed E-state index contributed by atoms with van der Waals surface area (Å²) in [5.41, 5.74) is 3.78. The Bertz CT molecular complexity index is 792. The molecule has 0 aromatic heterocycles. The first-order chi connectivity index (χ1) is 14.0. The van der Waals surface area contributed by atoms with Gasteiger partial charge in [-0.3, -0.25) is 9.69 Å². The number of morpholine rings is 1. The van der Waals surface area contributed by atoms with Gasteiger partial charge in [0.2, 0.25) is 0 Å². The van der Waals surface area contributed by atoms with Gasteiger partial charge in [0, 0.05) is 26.2 Å². The van der Waals surface area contributed by atoms with Crippen LogP contribution in [0.1, 0.15) is 36.5 Å². The Morgan fingerprint density at radius 3 is 2.76 bits per heavy atom. The largest absolute Gasteiger partial charge is 0.484 e. The molecule has 5 heteroatoms. The zero-order chi connectivity index (χ0) is 20.6. The maximum atomic E-state index is 12.2. The van der Waals surface area contributed by atoms with E-state index in [1.54, 1.807) is 0 Å². The summed E-state index contributed by atoms with van der Waals surface area (Å²) in [6.07, 6.45) is 0.00369. The summed E-state index contributed by atoms with van der Waals surface area (Å²) in [5.74, 6) is 1.08. The molecule has 2 aromatic rings. The SMILES string of the molecule is Cc1cc(OCC(=O)NCC2CN(Cc3ccccc3)CCO2)ccc1C(C)C. The molecule has 1 saturated heterocycles. The lowest BCUT2D eigenvalue weighted by Crippen LogP contribution is -2.47. The Hall–Kier alpha value is -2.37. The molecule has 1 fully saturated rings. The molecule has 1 aliphatic heterocycles. The minimum atomic E-state index is -0.126. The molecule has 156 valence electrons. The van der Waals surface area contributed by atoms with E-state index in [-0.39, 0.29) is 18.6 Å². The van der Waals surface area contributed by atoms with E-state index in [0.29, 0.717) is 19.1 Å². The van der Waals surface area contributed by atoms with E-state index in [4.69, 9.17) is 9.47 Å². The minimum Gasteiger partial charge on any atom is -0.484 e. The van der Waals surface area contributed by atoms with Crippen molar-refractivity contribution in [3.63, 3.8) is 0 Å². The third-order valence-corrected chi connectivity index (χ3v) is 5.23. The molecule has 0 saturated carbocycles. The lowest BCUT2D eigenvalue weighted by molar-refractivity contribution is -0.124. The lowest BCUT2D eigenvalue weighted by Gasteiger charge is -2.33. The first-order valence-corrected chi connectivity index (χ1v) is 10.4. The molecule has 0 bridgehead atoms. The molecule has 0 spiro atoms. The molecule has 1 unspecified atom stereocenters. The van der Waals surface area contributed by atoms with E-state index in [0.717, 1.165) is 25.4 Å². The average molecular weight is 397 g/mol. The second kappa shape index (κ2) is 10.4. The van der Waals surface area contributed by atoms with Crippen LogP contribution in [0.15, 0.2) is 48.5 Å². The van der Waals surface area contributed by atoms with Gasteiger partial charge in [-0.05, 0) is 41.7 Å². The van der Waals surface area contributed by atoms with Gasteiger partial charge in [0.05, 0.1) is 12.7 Å². The molecule has 29 heavy (non-hydrogen) atoms. The lowest BCUT2D eigenvalue weighted by atomic mass is 9.98. The monoisotopic (exact) mass is 396 g/mol. The fraction of sp³-hybridized carbons (Fsp3) is 0.458. The Morgan fingerprint density at radius 2 is 2.03 bits per heavy atom. The third-order valence-electron chi connectivity index (χ3n) is 5.23. The molecule has 0 aliphatic carbocycles. The van der Waals surface area contributed by atoms with Crippen LogP contribution in [-0.2, 0) is 16.1 Å². The number of aryl methyl sites for hydroxylation is 1. The van der Waals surface area contributed by atoms with Crippen LogP contribution in [0.3, 0.4) is 0 Å². The standard InChI is InChI=1S/C24H32N2O3/c1-18(2)23-10-9-21(13-19(23)3)29-17-24(27)25-14-22-16-26(11-12-28-22)15-20-7-5-4-6-8-20/h4-10,13,18,22H,11-12,14-17H2,1-3H3,(H,25,27). The van der Waals surface area contributed by atoms with E-state index in [9.17, 15) is 4.79 Å². The summed E-state index contributed by atoms with van der Waals surface area (Å²) in [4.78, 5) is 14.6. The molecule has 3 rings (SSSR count). The summed E-state index contributed by atoms with van der Waals surface area (Å²) in [5, 5.41) is 2.94. The zero-order valence-electron chi connectivity index (χ0n) is 17.7. The Morgan fingerprint density at radius 1 is 1.24 bits per heavy atom. The molecule has 1 atom stereocenters. The van der Waals surface area contributed by atoms with Crippen molar-refractivity contribution < 1.29 is 14.3 Å². The number of carbonyl (C=O) groups excluding carboxylic acids is 1. The number of hydrogen-bond acceptors (Lipinski definition) is 4. The number of amides is 1. The molecule has 5 nitrogen and oxygen atoms in total. The van der Waals surface area contributed by atoms with Crippen molar-refractivity contribution in [3.05, 3.63) is 65.2 Å². The van der Waals surface area contributed by atoms with Crippen molar-refractivity contribution in [2.24, 2.45) is 0 Å². The number of nitrogens with zero attached hydrogens (tertiary/aromatic N) is 1. The van der Waals surface area contributed by atoms with Gasteiger partial charge in [-0.25, -0.2) is 0 Å². The van der Waals surface area contributed by atoms with Crippen LogP contribution in [-0.4, -0.2) is 49.8 Å². The number of ether oxygens (including phenoxy) is 2. The minimum absolute atomic E-state index is 0.00369. The van der Waals surface area contributed by atoms with Gasteiger partial charge in [0.25, 0.3) is 5.91 Å². The van der Waals surface area contributed by atoms with E-state index in [1.165, 1.54) is 16.7 Å². The van der Waals surface area contributed by atoms with Crippen LogP contribution in [0.2, 0.25) is 0 Å². The van der Waals surface area contributed by atoms with E-state index in [1.807, 2.05) is 18.2 Å². The number of rotatable bonds is 8. The first kappa shape index (κ1) is 21.3. The van der Waals surface area contributed by atoms with Crippen molar-refractivity contribution in [3.8, 4) is 5.75 Å². The normalized spacial score (nSPS) is 17.3. The highest BCUT2D eigenvalue weighted by Crippen LogP contribution is 2.23.